The normalized spacial score (nSPS) is 16.6. The number of imide groups is 1. The Bertz CT molecular complexity index is 833. The van der Waals surface area contributed by atoms with Crippen molar-refractivity contribution in [3.63, 3.8) is 0 Å². The molecule has 1 aliphatic rings. The van der Waals surface area contributed by atoms with Crippen molar-refractivity contribution in [3.8, 4) is 0 Å². The Morgan fingerprint density at radius 1 is 1.08 bits per heavy atom. The van der Waals surface area contributed by atoms with E-state index in [-0.39, 0.29) is 12.2 Å². The topological polar surface area (TPSA) is 101 Å². The molecule has 2 aromatic carbocycles. The smallest absolute Gasteiger partial charge is 0.322 e. The van der Waals surface area contributed by atoms with Gasteiger partial charge in [-0.25, -0.2) is 9.18 Å². The quantitative estimate of drug-likeness (QED) is 0.449. The molecule has 0 bridgehead atoms. The molecule has 0 aliphatic carbocycles. The second-order valence-electron chi connectivity index (χ2n) is 5.47. The van der Waals surface area contributed by atoms with E-state index in [9.17, 15) is 18.8 Å². The molecule has 0 aromatic heterocycles. The van der Waals surface area contributed by atoms with Crippen LogP contribution in [0.1, 0.15) is 21.5 Å². The first-order valence-electron chi connectivity index (χ1n) is 7.24. The van der Waals surface area contributed by atoms with E-state index < -0.39 is 23.8 Å². The summed E-state index contributed by atoms with van der Waals surface area (Å²) in [6.07, 6.45) is 0.175. The lowest BCUT2D eigenvalue weighted by Gasteiger charge is -2.11. The van der Waals surface area contributed by atoms with Gasteiger partial charge < -0.3 is 11.1 Å². The Kier molecular flexibility index (Phi) is 3.99. The number of rotatable bonds is 4. The number of carbonyl (C=O) groups excluding carboxylic acids is 3. The number of hydrogen-bond donors (Lipinski definition) is 3. The largest absolute Gasteiger partial charge is 0.399 e. The number of amides is 3. The molecule has 1 unspecified atom stereocenters. The standard InChI is InChI=1S/C17H14FN3O3/c18-12-4-1-9(2-5-12)15(22)10-3-6-13(19)11(7-10)8-14-16(23)21-17(24)20-14/h1-7,14H,8,19H2,(H2,20,21,23,24). The van der Waals surface area contributed by atoms with Crippen LogP contribution >= 0.6 is 0 Å². The lowest BCUT2D eigenvalue weighted by Crippen LogP contribution is -2.31. The van der Waals surface area contributed by atoms with E-state index in [2.05, 4.69) is 10.6 Å². The highest BCUT2D eigenvalue weighted by Gasteiger charge is 2.30. The van der Waals surface area contributed by atoms with Crippen LogP contribution in [0, 0.1) is 5.82 Å². The van der Waals surface area contributed by atoms with Gasteiger partial charge >= 0.3 is 6.03 Å². The number of benzene rings is 2. The maximum atomic E-state index is 13.0. The molecule has 3 amide bonds. The number of hydrogen-bond acceptors (Lipinski definition) is 4. The van der Waals surface area contributed by atoms with E-state index in [0.717, 1.165) is 0 Å². The number of nitrogen functional groups attached to an aromatic ring is 1. The molecule has 1 fully saturated rings. The van der Waals surface area contributed by atoms with Crippen LogP contribution in [-0.2, 0) is 11.2 Å². The van der Waals surface area contributed by atoms with Gasteiger partial charge in [-0.2, -0.15) is 0 Å². The fourth-order valence-corrected chi connectivity index (χ4v) is 2.51. The lowest BCUT2D eigenvalue weighted by atomic mass is 9.97. The Morgan fingerprint density at radius 3 is 2.38 bits per heavy atom. The van der Waals surface area contributed by atoms with Crippen molar-refractivity contribution in [2.24, 2.45) is 0 Å². The predicted octanol–water partition coefficient (Wildman–Crippen LogP) is 1.39. The van der Waals surface area contributed by atoms with Crippen LogP contribution in [-0.4, -0.2) is 23.8 Å². The summed E-state index contributed by atoms with van der Waals surface area (Å²) in [4.78, 5) is 35.3. The monoisotopic (exact) mass is 327 g/mol. The van der Waals surface area contributed by atoms with Crippen molar-refractivity contribution < 1.29 is 18.8 Å². The van der Waals surface area contributed by atoms with Gasteiger partial charge in [0.2, 0.25) is 0 Å². The summed E-state index contributed by atoms with van der Waals surface area (Å²) in [5, 5.41) is 4.63. The zero-order valence-electron chi connectivity index (χ0n) is 12.5. The average molecular weight is 327 g/mol. The maximum Gasteiger partial charge on any atom is 0.322 e. The molecule has 0 radical (unpaired) electrons. The molecule has 1 heterocycles. The van der Waals surface area contributed by atoms with Gasteiger partial charge in [-0.1, -0.05) is 0 Å². The van der Waals surface area contributed by atoms with E-state index in [1.807, 2.05) is 0 Å². The molecular formula is C17H14FN3O3. The van der Waals surface area contributed by atoms with E-state index in [1.54, 1.807) is 18.2 Å². The third-order valence-corrected chi connectivity index (χ3v) is 3.79. The molecule has 0 saturated carbocycles. The zero-order chi connectivity index (χ0) is 17.3. The van der Waals surface area contributed by atoms with Crippen molar-refractivity contribution in [1.29, 1.82) is 0 Å². The summed E-state index contributed by atoms with van der Waals surface area (Å²) in [7, 11) is 0. The number of nitrogens with two attached hydrogens (primary N) is 1. The molecule has 2 aromatic rings. The summed E-state index contributed by atoms with van der Waals surface area (Å²) in [5.74, 6) is -1.14. The Labute approximate surface area is 136 Å². The van der Waals surface area contributed by atoms with E-state index in [0.29, 0.717) is 22.4 Å². The van der Waals surface area contributed by atoms with Gasteiger partial charge in [0.05, 0.1) is 0 Å². The number of halogens is 1. The van der Waals surface area contributed by atoms with Crippen molar-refractivity contribution in [2.75, 3.05) is 5.73 Å². The first kappa shape index (κ1) is 15.7. The van der Waals surface area contributed by atoms with Crippen LogP contribution in [0.2, 0.25) is 0 Å². The van der Waals surface area contributed by atoms with E-state index in [1.165, 1.54) is 24.3 Å². The lowest BCUT2D eigenvalue weighted by molar-refractivity contribution is -0.120. The highest BCUT2D eigenvalue weighted by Crippen LogP contribution is 2.20. The van der Waals surface area contributed by atoms with Crippen molar-refractivity contribution in [2.45, 2.75) is 12.5 Å². The molecule has 1 saturated heterocycles. The van der Waals surface area contributed by atoms with Gasteiger partial charge in [0.25, 0.3) is 5.91 Å². The fourth-order valence-electron chi connectivity index (χ4n) is 2.51. The number of carbonyl (C=O) groups is 3. The van der Waals surface area contributed by atoms with Gasteiger partial charge in [0, 0.05) is 23.2 Å². The molecule has 7 heteroatoms. The van der Waals surface area contributed by atoms with Crippen molar-refractivity contribution in [3.05, 3.63) is 65.0 Å². The van der Waals surface area contributed by atoms with Gasteiger partial charge in [-0.15, -0.1) is 0 Å². The number of urea groups is 1. The van der Waals surface area contributed by atoms with Crippen LogP contribution in [0.25, 0.3) is 0 Å². The number of nitrogens with one attached hydrogen (secondary N) is 2. The Balaban J connectivity index is 1.86. The third-order valence-electron chi connectivity index (χ3n) is 3.79. The summed E-state index contributed by atoms with van der Waals surface area (Å²) in [6.45, 7) is 0. The van der Waals surface area contributed by atoms with Crippen LogP contribution < -0.4 is 16.4 Å². The van der Waals surface area contributed by atoms with Crippen LogP contribution in [0.3, 0.4) is 0 Å². The summed E-state index contributed by atoms with van der Waals surface area (Å²) < 4.78 is 13.0. The van der Waals surface area contributed by atoms with Gasteiger partial charge in [-0.3, -0.25) is 14.9 Å². The summed E-state index contributed by atoms with van der Waals surface area (Å²) >= 11 is 0. The van der Waals surface area contributed by atoms with Gasteiger partial charge in [0.1, 0.15) is 11.9 Å². The SMILES string of the molecule is Nc1ccc(C(=O)c2ccc(F)cc2)cc1CC1NC(=O)NC1=O. The maximum absolute atomic E-state index is 13.0. The third kappa shape index (κ3) is 3.10. The Hall–Kier alpha value is -3.22. The van der Waals surface area contributed by atoms with Crippen molar-refractivity contribution >= 4 is 23.4 Å². The molecular weight excluding hydrogens is 313 g/mol. The van der Waals surface area contributed by atoms with E-state index >= 15 is 0 Å². The van der Waals surface area contributed by atoms with Gasteiger partial charge in [0.15, 0.2) is 5.78 Å². The number of anilines is 1. The average Bonchev–Trinajstić information content (AvgIpc) is 2.87. The fraction of sp³-hybridized carbons (Fsp3) is 0.118. The second kappa shape index (κ2) is 6.11. The molecule has 24 heavy (non-hydrogen) atoms. The summed E-state index contributed by atoms with van der Waals surface area (Å²) in [5.41, 5.74) is 7.61. The molecule has 3 rings (SSSR count). The molecule has 1 atom stereocenters. The number of ketones is 1. The summed E-state index contributed by atoms with van der Waals surface area (Å²) in [6, 6.07) is 8.67. The first-order chi connectivity index (χ1) is 11.4. The van der Waals surface area contributed by atoms with E-state index in [4.69, 9.17) is 5.73 Å². The minimum Gasteiger partial charge on any atom is -0.399 e. The van der Waals surface area contributed by atoms with Crippen molar-refractivity contribution in [1.82, 2.24) is 10.6 Å². The molecule has 0 spiro atoms. The first-order valence-corrected chi connectivity index (χ1v) is 7.24. The Morgan fingerprint density at radius 2 is 1.75 bits per heavy atom. The zero-order valence-corrected chi connectivity index (χ0v) is 12.5. The molecule has 122 valence electrons. The highest BCUT2D eigenvalue weighted by atomic mass is 19.1. The second-order valence-corrected chi connectivity index (χ2v) is 5.47. The predicted molar refractivity (Wildman–Crippen MR) is 84.9 cm³/mol. The van der Waals surface area contributed by atoms with Crippen LogP contribution in [0.5, 0.6) is 0 Å². The van der Waals surface area contributed by atoms with Crippen LogP contribution in [0.4, 0.5) is 14.9 Å². The highest BCUT2D eigenvalue weighted by molar-refractivity contribution is 6.09. The molecule has 4 N–H and O–H groups in total. The minimum atomic E-state index is -0.726. The molecule has 6 nitrogen and oxygen atoms in total. The molecule has 1 aliphatic heterocycles. The van der Waals surface area contributed by atoms with Crippen LogP contribution in [0.15, 0.2) is 42.5 Å². The van der Waals surface area contributed by atoms with Gasteiger partial charge in [-0.05, 0) is 48.0 Å². The minimum absolute atomic E-state index is 0.175.